The van der Waals surface area contributed by atoms with Gasteiger partial charge in [-0.05, 0) is 138 Å². The standard InChI is InChI=1S/C73H50N4O/c1-71(2,3)45-39-40-74-67(41-45)77-64-35-15-9-22-50(64)52-38-37-48(43-66(52)77)78-47-20-16-19-46(42-47)75-44-76-63-34-14-8-23-51(63)54-27-17-33-62(68(54)53-24-5-4-21-49(53)55-28-18-36-65(75)70(55)76)72-58-29-10-6-25-56(58)69-57-26-7-11-30-59(57)73(69,72)61-32-13-12-31-60(61)72/h4-43,69H,1-3H3. The van der Waals surface area contributed by atoms with Crippen LogP contribution < -0.4 is 9.30 Å². The Morgan fingerprint density at radius 2 is 1.12 bits per heavy atom. The zero-order chi connectivity index (χ0) is 51.6. The second-order valence-corrected chi connectivity index (χ2v) is 22.7. The lowest BCUT2D eigenvalue weighted by Gasteiger charge is -2.65. The highest BCUT2D eigenvalue weighted by Crippen LogP contribution is 2.82. The lowest BCUT2D eigenvalue weighted by Crippen LogP contribution is -2.64. The van der Waals surface area contributed by atoms with Gasteiger partial charge in [0.05, 0.1) is 38.9 Å². The molecule has 0 amide bonds. The number of hydrogen-bond donors (Lipinski definition) is 0. The predicted octanol–water partition coefficient (Wildman–Crippen LogP) is 16.7. The number of imidazole rings is 1. The third kappa shape index (κ3) is 5.45. The highest BCUT2D eigenvalue weighted by atomic mass is 16.5. The van der Waals surface area contributed by atoms with E-state index in [0.29, 0.717) is 0 Å². The molecule has 0 saturated carbocycles. The molecule has 0 fully saturated rings. The number of benzene rings is 10. The number of para-hydroxylation sites is 3. The zero-order valence-electron chi connectivity index (χ0n) is 43.4. The molecule has 17 rings (SSSR count). The van der Waals surface area contributed by atoms with Crippen molar-refractivity contribution in [1.82, 2.24) is 14.1 Å². The Bertz CT molecular complexity index is 4730. The first-order valence-corrected chi connectivity index (χ1v) is 27.2. The molecule has 1 spiro atoms. The molecule has 0 saturated heterocycles. The van der Waals surface area contributed by atoms with E-state index < -0.39 is 5.41 Å². The van der Waals surface area contributed by atoms with Crippen LogP contribution in [0.5, 0.6) is 11.5 Å². The monoisotopic (exact) mass is 998 g/mol. The van der Waals surface area contributed by atoms with Gasteiger partial charge in [0, 0.05) is 34.4 Å². The number of hydrogen-bond acceptors (Lipinski definition) is 2. The molecule has 4 aliphatic rings. The van der Waals surface area contributed by atoms with E-state index in [1.54, 1.807) is 0 Å². The zero-order valence-corrected chi connectivity index (χ0v) is 43.4. The molecule has 5 nitrogen and oxygen atoms in total. The van der Waals surface area contributed by atoms with Crippen molar-refractivity contribution in [3.8, 4) is 62.1 Å². The van der Waals surface area contributed by atoms with Crippen molar-refractivity contribution in [3.05, 3.63) is 294 Å². The quantitative estimate of drug-likeness (QED) is 0.127. The lowest BCUT2D eigenvalue weighted by atomic mass is 9.35. The molecule has 0 radical (unpaired) electrons. The van der Waals surface area contributed by atoms with Crippen molar-refractivity contribution in [2.24, 2.45) is 0 Å². The van der Waals surface area contributed by atoms with E-state index in [0.717, 1.165) is 67.3 Å². The Labute approximate surface area is 452 Å². The van der Waals surface area contributed by atoms with Crippen molar-refractivity contribution in [2.75, 3.05) is 0 Å². The van der Waals surface area contributed by atoms with Gasteiger partial charge in [-0.15, -0.1) is 0 Å². The van der Waals surface area contributed by atoms with Crippen LogP contribution in [0.25, 0.3) is 83.4 Å². The van der Waals surface area contributed by atoms with Gasteiger partial charge in [0.2, 0.25) is 0 Å². The Hall–Kier alpha value is -9.58. The molecule has 1 aliphatic heterocycles. The summed E-state index contributed by atoms with van der Waals surface area (Å²) >= 11 is 0. The number of pyridine rings is 1. The topological polar surface area (TPSA) is 35.9 Å². The summed E-state index contributed by atoms with van der Waals surface area (Å²) in [6.07, 6.45) is 5.88. The molecule has 13 aromatic rings. The first-order chi connectivity index (χ1) is 38.3. The molecule has 3 aromatic heterocycles. The van der Waals surface area contributed by atoms with E-state index in [1.807, 2.05) is 12.3 Å². The van der Waals surface area contributed by atoms with Gasteiger partial charge in [0.1, 0.15) is 17.3 Å². The third-order valence-corrected chi connectivity index (χ3v) is 18.0. The minimum Gasteiger partial charge on any atom is -0.458 e. The molecular formula is C73H50N4O. The lowest BCUT2D eigenvalue weighted by molar-refractivity contribution is -0.571. The largest absolute Gasteiger partial charge is 0.458 e. The van der Waals surface area contributed by atoms with E-state index in [-0.39, 0.29) is 16.7 Å². The van der Waals surface area contributed by atoms with Crippen LogP contribution in [0.15, 0.2) is 243 Å². The molecule has 3 unspecified atom stereocenters. The van der Waals surface area contributed by atoms with Crippen molar-refractivity contribution in [2.45, 2.75) is 42.9 Å². The maximum Gasteiger partial charge on any atom is 0.269 e. The predicted molar refractivity (Wildman–Crippen MR) is 313 cm³/mol. The van der Waals surface area contributed by atoms with Crippen molar-refractivity contribution >= 4 is 32.8 Å². The van der Waals surface area contributed by atoms with Gasteiger partial charge < -0.3 is 4.74 Å². The van der Waals surface area contributed by atoms with Crippen LogP contribution in [0.3, 0.4) is 0 Å². The molecule has 10 aromatic carbocycles. The van der Waals surface area contributed by atoms with Crippen LogP contribution in [0.2, 0.25) is 0 Å². The average molecular weight is 999 g/mol. The van der Waals surface area contributed by atoms with Crippen molar-refractivity contribution in [1.29, 1.82) is 0 Å². The summed E-state index contributed by atoms with van der Waals surface area (Å²) in [5, 5.41) is 2.32. The van der Waals surface area contributed by atoms with Gasteiger partial charge in [-0.25, -0.2) is 4.98 Å². The van der Waals surface area contributed by atoms with Crippen LogP contribution in [0, 0.1) is 6.33 Å². The molecule has 78 heavy (non-hydrogen) atoms. The van der Waals surface area contributed by atoms with Gasteiger partial charge >= 0.3 is 0 Å². The van der Waals surface area contributed by atoms with E-state index in [4.69, 9.17) is 9.72 Å². The van der Waals surface area contributed by atoms with Crippen molar-refractivity contribution in [3.63, 3.8) is 0 Å². The fourth-order valence-electron chi connectivity index (χ4n) is 15.0. The number of aromatic nitrogens is 4. The maximum absolute atomic E-state index is 6.88. The second-order valence-electron chi connectivity index (χ2n) is 22.7. The van der Waals surface area contributed by atoms with E-state index in [1.165, 1.54) is 72.1 Å². The average Bonchev–Trinajstić information content (AvgIpc) is 4.12. The molecule has 0 bridgehead atoms. The summed E-state index contributed by atoms with van der Waals surface area (Å²) in [4.78, 5) is 4.92. The minimum absolute atomic E-state index is 0.0255. The number of rotatable bonds is 5. The summed E-state index contributed by atoms with van der Waals surface area (Å²) in [6, 6.07) is 87.6. The van der Waals surface area contributed by atoms with Crippen LogP contribution >= 0.6 is 0 Å². The minimum atomic E-state index is -0.427. The van der Waals surface area contributed by atoms with Gasteiger partial charge in [0.25, 0.3) is 6.33 Å². The Balaban J connectivity index is 0.841. The number of fused-ring (bicyclic) bond motifs is 17. The summed E-state index contributed by atoms with van der Waals surface area (Å²) in [6.45, 7) is 6.73. The van der Waals surface area contributed by atoms with E-state index in [2.05, 4.69) is 271 Å². The van der Waals surface area contributed by atoms with Crippen LogP contribution in [0.4, 0.5) is 0 Å². The molecular weight excluding hydrogens is 949 g/mol. The third-order valence-electron chi connectivity index (χ3n) is 18.0. The molecule has 3 atom stereocenters. The molecule has 3 aliphatic carbocycles. The molecule has 5 heteroatoms. The summed E-state index contributed by atoms with van der Waals surface area (Å²) in [5.41, 5.74) is 24.0. The highest BCUT2D eigenvalue weighted by Gasteiger charge is 2.78. The number of ether oxygens (including phenoxy) is 1. The number of nitrogens with zero attached hydrogens (tertiary/aromatic N) is 4. The molecule has 368 valence electrons. The van der Waals surface area contributed by atoms with Crippen LogP contribution in [-0.4, -0.2) is 14.1 Å². The Morgan fingerprint density at radius 1 is 0.487 bits per heavy atom. The van der Waals surface area contributed by atoms with Gasteiger partial charge in [-0.1, -0.05) is 197 Å². The van der Waals surface area contributed by atoms with Gasteiger partial charge in [-0.2, -0.15) is 0 Å². The molecule has 0 N–H and O–H groups in total. The molecule has 4 heterocycles. The van der Waals surface area contributed by atoms with Crippen LogP contribution in [0.1, 0.15) is 71.2 Å². The van der Waals surface area contributed by atoms with Crippen molar-refractivity contribution < 1.29 is 9.30 Å². The van der Waals surface area contributed by atoms with Crippen LogP contribution in [-0.2, 0) is 16.2 Å². The summed E-state index contributed by atoms with van der Waals surface area (Å²) < 4.78 is 13.7. The Kier molecular flexibility index (Phi) is 8.68. The van der Waals surface area contributed by atoms with E-state index in [9.17, 15) is 0 Å². The first-order valence-electron chi connectivity index (χ1n) is 27.2. The fourth-order valence-corrected chi connectivity index (χ4v) is 15.0. The van der Waals surface area contributed by atoms with Gasteiger partial charge in [-0.3, -0.25) is 13.7 Å². The first kappa shape index (κ1) is 43.6. The summed E-state index contributed by atoms with van der Waals surface area (Å²) in [7, 11) is 0. The van der Waals surface area contributed by atoms with Gasteiger partial charge in [0.15, 0.2) is 0 Å². The summed E-state index contributed by atoms with van der Waals surface area (Å²) in [5.74, 6) is 2.62. The highest BCUT2D eigenvalue weighted by molar-refractivity contribution is 6.09. The second kappa shape index (κ2) is 15.5. The maximum atomic E-state index is 6.88. The SMILES string of the molecule is CC(C)(C)c1ccnc(-n2c3ccccc3c3ccc(Oc4cccc(-n5[c-][n+]6c7c(cccc75)-c5ccccc5-c5c(cccc5C57c8ccccc8C8c9ccccc9C85c5ccccc57)-c5ccccc5-6)c4)cc32)c1. The smallest absolute Gasteiger partial charge is 0.269 e. The fraction of sp³-hybridized carbons (Fsp3) is 0.0959. The van der Waals surface area contributed by atoms with E-state index >= 15 is 0 Å². The normalized spacial score (nSPS) is 17.9. The Morgan fingerprint density at radius 3 is 1.97 bits per heavy atom.